The average molecular weight is 496 g/mol. The van der Waals surface area contributed by atoms with Crippen molar-refractivity contribution in [3.63, 3.8) is 0 Å². The predicted octanol–water partition coefficient (Wildman–Crippen LogP) is 3.22. The van der Waals surface area contributed by atoms with E-state index in [2.05, 4.69) is 35.8 Å². The van der Waals surface area contributed by atoms with Crippen molar-refractivity contribution in [3.05, 3.63) is 29.8 Å². The zero-order valence-electron chi connectivity index (χ0n) is 16.2. The molecule has 0 spiro atoms. The van der Waals surface area contributed by atoms with E-state index in [4.69, 9.17) is 5.73 Å². The molecule has 0 radical (unpaired) electrons. The van der Waals surface area contributed by atoms with Crippen LogP contribution in [-0.4, -0.2) is 27.0 Å². The molecule has 1 unspecified atom stereocenters. The van der Waals surface area contributed by atoms with Gasteiger partial charge in [-0.3, -0.25) is 0 Å². The molecule has 0 bridgehead atoms. The molecule has 1 atom stereocenters. The highest BCUT2D eigenvalue weighted by Gasteiger charge is 2.11. The van der Waals surface area contributed by atoms with E-state index in [1.807, 2.05) is 0 Å². The highest BCUT2D eigenvalue weighted by molar-refractivity contribution is 14.0. The highest BCUT2D eigenvalue weighted by Crippen LogP contribution is 2.11. The van der Waals surface area contributed by atoms with Crippen LogP contribution in [0.5, 0.6) is 0 Å². The second kappa shape index (κ2) is 12.5. The maximum atomic E-state index is 11.9. The summed E-state index contributed by atoms with van der Waals surface area (Å²) in [6, 6.07) is 6.97. The number of aliphatic imine (C=N–C) groups is 1. The third-order valence-corrected chi connectivity index (χ3v) is 5.37. The van der Waals surface area contributed by atoms with Crippen molar-refractivity contribution in [1.29, 1.82) is 0 Å². The van der Waals surface area contributed by atoms with Gasteiger partial charge < -0.3 is 11.1 Å². The van der Waals surface area contributed by atoms with Gasteiger partial charge in [-0.2, -0.15) is 0 Å². The first-order valence-corrected chi connectivity index (χ1v) is 10.4. The van der Waals surface area contributed by atoms with Crippen molar-refractivity contribution in [2.24, 2.45) is 16.6 Å². The van der Waals surface area contributed by atoms with E-state index >= 15 is 0 Å². The Kier molecular flexibility index (Phi) is 12.1. The van der Waals surface area contributed by atoms with E-state index in [1.54, 1.807) is 31.2 Å². The van der Waals surface area contributed by atoms with Gasteiger partial charge >= 0.3 is 0 Å². The van der Waals surface area contributed by atoms with E-state index in [9.17, 15) is 8.42 Å². The van der Waals surface area contributed by atoms with Crippen LogP contribution >= 0.6 is 24.0 Å². The molecule has 1 aromatic carbocycles. The zero-order valence-corrected chi connectivity index (χ0v) is 19.3. The van der Waals surface area contributed by atoms with Crippen LogP contribution in [0.2, 0.25) is 0 Å². The third-order valence-electron chi connectivity index (χ3n) is 3.81. The van der Waals surface area contributed by atoms with Crippen LogP contribution in [0.3, 0.4) is 0 Å². The van der Waals surface area contributed by atoms with Crippen LogP contribution < -0.4 is 15.8 Å². The molecule has 150 valence electrons. The Labute approximate surface area is 175 Å². The van der Waals surface area contributed by atoms with Gasteiger partial charge in [-0.05, 0) is 37.0 Å². The van der Waals surface area contributed by atoms with Crippen LogP contribution in [0.15, 0.2) is 34.2 Å². The largest absolute Gasteiger partial charge is 0.370 e. The maximum Gasteiger partial charge on any atom is 0.240 e. The molecule has 0 saturated carbocycles. The average Bonchev–Trinajstić information content (AvgIpc) is 2.53. The fourth-order valence-electron chi connectivity index (χ4n) is 2.43. The molecule has 0 aliphatic carbocycles. The van der Waals surface area contributed by atoms with Gasteiger partial charge in [-0.15, -0.1) is 24.0 Å². The molecule has 0 fully saturated rings. The first-order chi connectivity index (χ1) is 11.7. The van der Waals surface area contributed by atoms with E-state index in [-0.39, 0.29) is 34.9 Å². The molecule has 6 nitrogen and oxygen atoms in total. The minimum atomic E-state index is -3.41. The lowest BCUT2D eigenvalue weighted by Crippen LogP contribution is -2.38. The summed E-state index contributed by atoms with van der Waals surface area (Å²) in [5.74, 6) is 1.14. The van der Waals surface area contributed by atoms with Crippen molar-refractivity contribution >= 4 is 40.0 Å². The van der Waals surface area contributed by atoms with E-state index in [0.29, 0.717) is 19.0 Å². The summed E-state index contributed by atoms with van der Waals surface area (Å²) in [6.07, 6.45) is 3.44. The maximum absolute atomic E-state index is 11.9. The minimum Gasteiger partial charge on any atom is -0.370 e. The van der Waals surface area contributed by atoms with Crippen LogP contribution in [0.4, 0.5) is 0 Å². The number of benzene rings is 1. The standard InChI is InChI=1S/C18H32N4O2S.HI/c1-5-21-25(23,24)17-11-9-16(10-12-17)13-20-18(19)22-15(4)8-6-7-14(2)3;/h9-12,14-15,21H,5-8,13H2,1-4H3,(H3,19,20,22);1H. The summed E-state index contributed by atoms with van der Waals surface area (Å²) in [6.45, 7) is 9.08. The fourth-order valence-corrected chi connectivity index (χ4v) is 3.47. The highest BCUT2D eigenvalue weighted by atomic mass is 127. The van der Waals surface area contributed by atoms with Crippen molar-refractivity contribution < 1.29 is 8.42 Å². The monoisotopic (exact) mass is 496 g/mol. The summed E-state index contributed by atoms with van der Waals surface area (Å²) < 4.78 is 26.2. The molecule has 0 saturated heterocycles. The van der Waals surface area contributed by atoms with E-state index < -0.39 is 10.0 Å². The Morgan fingerprint density at radius 2 is 1.77 bits per heavy atom. The number of nitrogens with zero attached hydrogens (tertiary/aromatic N) is 1. The van der Waals surface area contributed by atoms with Crippen molar-refractivity contribution in [3.8, 4) is 0 Å². The Morgan fingerprint density at radius 3 is 2.31 bits per heavy atom. The second-order valence-corrected chi connectivity index (χ2v) is 8.48. The normalized spacial score (nSPS) is 13.3. The zero-order chi connectivity index (χ0) is 18.9. The van der Waals surface area contributed by atoms with Gasteiger partial charge in [0.15, 0.2) is 5.96 Å². The topological polar surface area (TPSA) is 96.6 Å². The molecule has 0 amide bonds. The van der Waals surface area contributed by atoms with Gasteiger partial charge in [0, 0.05) is 12.6 Å². The Bertz CT molecular complexity index is 646. The number of halogens is 1. The fraction of sp³-hybridized carbons (Fsp3) is 0.611. The summed E-state index contributed by atoms with van der Waals surface area (Å²) >= 11 is 0. The smallest absolute Gasteiger partial charge is 0.240 e. The molecule has 0 aromatic heterocycles. The number of sulfonamides is 1. The minimum absolute atomic E-state index is 0. The number of rotatable bonds is 10. The summed E-state index contributed by atoms with van der Waals surface area (Å²) in [4.78, 5) is 4.58. The molecule has 1 aromatic rings. The van der Waals surface area contributed by atoms with Crippen molar-refractivity contribution in [2.75, 3.05) is 6.54 Å². The van der Waals surface area contributed by atoms with Crippen LogP contribution in [0, 0.1) is 5.92 Å². The van der Waals surface area contributed by atoms with Gasteiger partial charge in [0.25, 0.3) is 0 Å². The second-order valence-electron chi connectivity index (χ2n) is 6.72. The number of hydrogen-bond donors (Lipinski definition) is 3. The SMILES string of the molecule is CCNS(=O)(=O)c1ccc(CN=C(N)NC(C)CCCC(C)C)cc1.I. The number of nitrogens with one attached hydrogen (secondary N) is 2. The summed E-state index contributed by atoms with van der Waals surface area (Å²) in [5.41, 5.74) is 6.84. The first-order valence-electron chi connectivity index (χ1n) is 8.89. The Morgan fingerprint density at radius 1 is 1.15 bits per heavy atom. The van der Waals surface area contributed by atoms with Crippen molar-refractivity contribution in [2.45, 2.75) is 64.4 Å². The molecule has 0 aliphatic rings. The molecule has 8 heteroatoms. The van der Waals surface area contributed by atoms with Crippen molar-refractivity contribution in [1.82, 2.24) is 10.0 Å². The van der Waals surface area contributed by atoms with Crippen LogP contribution in [0.1, 0.15) is 52.5 Å². The van der Waals surface area contributed by atoms with Crippen LogP contribution in [-0.2, 0) is 16.6 Å². The lowest BCUT2D eigenvalue weighted by atomic mass is 10.0. The van der Waals surface area contributed by atoms with Gasteiger partial charge in [-0.25, -0.2) is 18.1 Å². The van der Waals surface area contributed by atoms with Crippen LogP contribution in [0.25, 0.3) is 0 Å². The quantitative estimate of drug-likeness (QED) is 0.263. The number of nitrogens with two attached hydrogens (primary N) is 1. The molecular weight excluding hydrogens is 463 g/mol. The Hall–Kier alpha value is -0.870. The number of hydrogen-bond acceptors (Lipinski definition) is 3. The molecule has 4 N–H and O–H groups in total. The van der Waals surface area contributed by atoms with Gasteiger partial charge in [0.2, 0.25) is 10.0 Å². The first kappa shape index (κ1) is 25.1. The third kappa shape index (κ3) is 9.72. The molecule has 26 heavy (non-hydrogen) atoms. The van der Waals surface area contributed by atoms with Gasteiger partial charge in [0.05, 0.1) is 11.4 Å². The van der Waals surface area contributed by atoms with Gasteiger partial charge in [-0.1, -0.05) is 45.7 Å². The lowest BCUT2D eigenvalue weighted by molar-refractivity contribution is 0.493. The predicted molar refractivity (Wildman–Crippen MR) is 119 cm³/mol. The van der Waals surface area contributed by atoms with E-state index in [1.165, 1.54) is 12.8 Å². The van der Waals surface area contributed by atoms with E-state index in [0.717, 1.165) is 17.9 Å². The number of guanidine groups is 1. The Balaban J connectivity index is 0.00000625. The molecule has 0 heterocycles. The molecule has 1 rings (SSSR count). The molecular formula is C18H33IN4O2S. The lowest BCUT2D eigenvalue weighted by Gasteiger charge is -2.15. The molecule has 0 aliphatic heterocycles. The summed E-state index contributed by atoms with van der Waals surface area (Å²) in [7, 11) is -3.41. The van der Waals surface area contributed by atoms with Gasteiger partial charge in [0.1, 0.15) is 0 Å². The summed E-state index contributed by atoms with van der Waals surface area (Å²) in [5, 5.41) is 3.20.